The Labute approximate surface area is 94.5 Å². The fourth-order valence-corrected chi connectivity index (χ4v) is 1.43. The monoisotopic (exact) mass is 224 g/mol. The quantitative estimate of drug-likeness (QED) is 0.716. The normalized spacial score (nSPS) is 12.4. The van der Waals surface area contributed by atoms with Gasteiger partial charge in [-0.05, 0) is 24.0 Å². The van der Waals surface area contributed by atoms with Gasteiger partial charge >= 0.3 is 5.97 Å². The predicted molar refractivity (Wildman–Crippen MR) is 59.2 cm³/mol. The van der Waals surface area contributed by atoms with Crippen LogP contribution in [0.3, 0.4) is 0 Å². The van der Waals surface area contributed by atoms with Crippen molar-refractivity contribution in [2.24, 2.45) is 0 Å². The molecule has 0 radical (unpaired) electrons. The maximum Gasteiger partial charge on any atom is 0.337 e. The molecule has 0 aliphatic carbocycles. The first-order chi connectivity index (χ1) is 7.65. The number of benzene rings is 1. The van der Waals surface area contributed by atoms with Gasteiger partial charge in [-0.2, -0.15) is 0 Å². The molecule has 1 rings (SSSR count). The third kappa shape index (κ3) is 3.64. The molecule has 0 spiro atoms. The number of aliphatic carboxylic acids is 1. The predicted octanol–water partition coefficient (Wildman–Crippen LogP) is 1.38. The van der Waals surface area contributed by atoms with Gasteiger partial charge in [0.2, 0.25) is 0 Å². The molecule has 2 N–H and O–H groups in total. The summed E-state index contributed by atoms with van der Waals surface area (Å²) in [6.07, 6.45) is 0.377. The van der Waals surface area contributed by atoms with Crippen LogP contribution in [0.25, 0.3) is 0 Å². The Hall–Kier alpha value is -1.39. The highest BCUT2D eigenvalue weighted by atomic mass is 16.5. The van der Waals surface area contributed by atoms with Crippen LogP contribution in [0.1, 0.15) is 23.7 Å². The third-order valence-electron chi connectivity index (χ3n) is 2.34. The van der Waals surface area contributed by atoms with E-state index in [-0.39, 0.29) is 0 Å². The molecule has 0 aliphatic heterocycles. The Morgan fingerprint density at radius 2 is 2.00 bits per heavy atom. The first-order valence-electron chi connectivity index (χ1n) is 5.14. The van der Waals surface area contributed by atoms with Gasteiger partial charge in [-0.25, -0.2) is 4.79 Å². The minimum Gasteiger partial charge on any atom is -0.479 e. The van der Waals surface area contributed by atoms with Gasteiger partial charge in [0.1, 0.15) is 0 Å². The molecule has 16 heavy (non-hydrogen) atoms. The molecule has 88 valence electrons. The largest absolute Gasteiger partial charge is 0.479 e. The highest BCUT2D eigenvalue weighted by Gasteiger charge is 2.14. The van der Waals surface area contributed by atoms with Crippen molar-refractivity contribution in [2.45, 2.75) is 18.9 Å². The number of aryl methyl sites for hydroxylation is 1. The lowest BCUT2D eigenvalue weighted by Crippen LogP contribution is -2.10. The average molecular weight is 224 g/mol. The summed E-state index contributed by atoms with van der Waals surface area (Å²) in [5, 5.41) is 17.9. The number of ether oxygens (including phenoxy) is 1. The van der Waals surface area contributed by atoms with Crippen LogP contribution in [0.5, 0.6) is 0 Å². The number of aliphatic hydroxyl groups is 1. The second-order valence-corrected chi connectivity index (χ2v) is 3.58. The van der Waals surface area contributed by atoms with Crippen molar-refractivity contribution < 1.29 is 19.7 Å². The zero-order chi connectivity index (χ0) is 12.0. The van der Waals surface area contributed by atoms with E-state index in [0.29, 0.717) is 12.2 Å². The SMILES string of the molecule is COCCCc1ccc(C(O)C(=O)O)cc1. The van der Waals surface area contributed by atoms with Crippen LogP contribution >= 0.6 is 0 Å². The van der Waals surface area contributed by atoms with Crippen molar-refractivity contribution in [3.8, 4) is 0 Å². The van der Waals surface area contributed by atoms with E-state index in [1.165, 1.54) is 0 Å². The summed E-state index contributed by atoms with van der Waals surface area (Å²) < 4.78 is 4.94. The molecular weight excluding hydrogens is 208 g/mol. The van der Waals surface area contributed by atoms with Crippen molar-refractivity contribution in [1.29, 1.82) is 0 Å². The number of carbonyl (C=O) groups is 1. The molecular formula is C12H16O4. The lowest BCUT2D eigenvalue weighted by atomic mass is 10.0. The summed E-state index contributed by atoms with van der Waals surface area (Å²) in [7, 11) is 1.66. The number of methoxy groups -OCH3 is 1. The fourth-order valence-electron chi connectivity index (χ4n) is 1.43. The molecule has 0 amide bonds. The van der Waals surface area contributed by atoms with Gasteiger partial charge in [0.25, 0.3) is 0 Å². The summed E-state index contributed by atoms with van der Waals surface area (Å²) >= 11 is 0. The summed E-state index contributed by atoms with van der Waals surface area (Å²) in [5.74, 6) is -1.23. The molecule has 1 aromatic carbocycles. The van der Waals surface area contributed by atoms with E-state index in [1.807, 2.05) is 12.1 Å². The smallest absolute Gasteiger partial charge is 0.337 e. The van der Waals surface area contributed by atoms with Crippen LogP contribution < -0.4 is 0 Å². The Morgan fingerprint density at radius 1 is 1.38 bits per heavy atom. The summed E-state index contributed by atoms with van der Waals surface area (Å²) in [6.45, 7) is 0.708. The van der Waals surface area contributed by atoms with E-state index in [1.54, 1.807) is 19.2 Å². The first-order valence-corrected chi connectivity index (χ1v) is 5.14. The Kier molecular flexibility index (Phi) is 4.95. The summed E-state index contributed by atoms with van der Waals surface area (Å²) in [5.41, 5.74) is 1.52. The standard InChI is InChI=1S/C12H16O4/c1-16-8-2-3-9-4-6-10(7-5-9)11(13)12(14)15/h4-7,11,13H,2-3,8H2,1H3,(H,14,15). The molecule has 4 heteroatoms. The molecule has 0 bridgehead atoms. The highest BCUT2D eigenvalue weighted by molar-refractivity contribution is 5.73. The van der Waals surface area contributed by atoms with E-state index in [0.717, 1.165) is 18.4 Å². The van der Waals surface area contributed by atoms with Gasteiger partial charge in [-0.1, -0.05) is 24.3 Å². The molecule has 4 nitrogen and oxygen atoms in total. The summed E-state index contributed by atoms with van der Waals surface area (Å²) in [6, 6.07) is 6.94. The second kappa shape index (κ2) is 6.25. The third-order valence-corrected chi connectivity index (χ3v) is 2.34. The van der Waals surface area contributed by atoms with Gasteiger partial charge in [0.05, 0.1) is 0 Å². The van der Waals surface area contributed by atoms with Crippen molar-refractivity contribution in [3.05, 3.63) is 35.4 Å². The Morgan fingerprint density at radius 3 is 2.50 bits per heavy atom. The lowest BCUT2D eigenvalue weighted by molar-refractivity contribution is -0.146. The molecule has 0 aromatic heterocycles. The Balaban J connectivity index is 2.57. The van der Waals surface area contributed by atoms with Crippen molar-refractivity contribution in [1.82, 2.24) is 0 Å². The van der Waals surface area contributed by atoms with Crippen LogP contribution in [0.2, 0.25) is 0 Å². The van der Waals surface area contributed by atoms with E-state index >= 15 is 0 Å². The zero-order valence-corrected chi connectivity index (χ0v) is 9.22. The fraction of sp³-hybridized carbons (Fsp3) is 0.417. The highest BCUT2D eigenvalue weighted by Crippen LogP contribution is 2.14. The van der Waals surface area contributed by atoms with Crippen LogP contribution in [0.15, 0.2) is 24.3 Å². The minimum atomic E-state index is -1.44. The number of carboxylic acids is 1. The van der Waals surface area contributed by atoms with Crippen molar-refractivity contribution >= 4 is 5.97 Å². The molecule has 0 aliphatic rings. The number of rotatable bonds is 6. The van der Waals surface area contributed by atoms with Crippen LogP contribution in [0, 0.1) is 0 Å². The van der Waals surface area contributed by atoms with E-state index in [9.17, 15) is 9.90 Å². The van der Waals surface area contributed by atoms with Gasteiger partial charge in [0, 0.05) is 13.7 Å². The van der Waals surface area contributed by atoms with E-state index in [4.69, 9.17) is 9.84 Å². The molecule has 1 unspecified atom stereocenters. The lowest BCUT2D eigenvalue weighted by Gasteiger charge is -2.07. The molecule has 0 saturated carbocycles. The molecule has 0 saturated heterocycles. The number of carboxylic acid groups (broad SMARTS) is 1. The number of aliphatic hydroxyl groups excluding tert-OH is 1. The van der Waals surface area contributed by atoms with E-state index in [2.05, 4.69) is 0 Å². The van der Waals surface area contributed by atoms with E-state index < -0.39 is 12.1 Å². The second-order valence-electron chi connectivity index (χ2n) is 3.58. The molecule has 0 fully saturated rings. The molecule has 0 heterocycles. The van der Waals surface area contributed by atoms with Crippen molar-refractivity contribution in [3.63, 3.8) is 0 Å². The van der Waals surface area contributed by atoms with Gasteiger partial charge in [-0.3, -0.25) is 0 Å². The molecule has 1 atom stereocenters. The van der Waals surface area contributed by atoms with Crippen LogP contribution in [-0.2, 0) is 16.0 Å². The molecule has 1 aromatic rings. The van der Waals surface area contributed by atoms with Gasteiger partial charge in [0.15, 0.2) is 6.10 Å². The minimum absolute atomic E-state index is 0.406. The maximum absolute atomic E-state index is 10.5. The van der Waals surface area contributed by atoms with Gasteiger partial charge < -0.3 is 14.9 Å². The Bertz CT molecular complexity index is 331. The number of hydrogen-bond donors (Lipinski definition) is 2. The maximum atomic E-state index is 10.5. The van der Waals surface area contributed by atoms with Gasteiger partial charge in [-0.15, -0.1) is 0 Å². The first kappa shape index (κ1) is 12.7. The topological polar surface area (TPSA) is 66.8 Å². The number of hydrogen-bond acceptors (Lipinski definition) is 3. The average Bonchev–Trinajstić information content (AvgIpc) is 2.29. The summed E-state index contributed by atoms with van der Waals surface area (Å²) in [4.78, 5) is 10.5. The van der Waals surface area contributed by atoms with Crippen molar-refractivity contribution in [2.75, 3.05) is 13.7 Å². The van der Waals surface area contributed by atoms with Crippen LogP contribution in [0.4, 0.5) is 0 Å². The zero-order valence-electron chi connectivity index (χ0n) is 9.22. The van der Waals surface area contributed by atoms with Crippen LogP contribution in [-0.4, -0.2) is 29.9 Å².